The Bertz CT molecular complexity index is 602. The molecule has 1 aliphatic rings. The molecule has 0 aliphatic carbocycles. The van der Waals surface area contributed by atoms with E-state index in [9.17, 15) is 9.59 Å². The van der Waals surface area contributed by atoms with E-state index < -0.39 is 17.9 Å². The lowest BCUT2D eigenvalue weighted by Gasteiger charge is -2.21. The molecule has 8 heteroatoms. The molecule has 142 valence electrons. The minimum absolute atomic E-state index is 0.126. The first-order valence-corrected chi connectivity index (χ1v) is 10.4. The Morgan fingerprint density at radius 2 is 2.00 bits per heavy atom. The fraction of sp³-hybridized carbons (Fsp3) is 0.444. The normalized spacial score (nSPS) is 15.8. The van der Waals surface area contributed by atoms with Crippen molar-refractivity contribution in [2.24, 2.45) is 0 Å². The van der Waals surface area contributed by atoms with Crippen molar-refractivity contribution in [1.29, 1.82) is 0 Å². The second kappa shape index (κ2) is 11.2. The molecule has 0 aromatic heterocycles. The van der Waals surface area contributed by atoms with Crippen LogP contribution < -0.4 is 10.1 Å². The van der Waals surface area contributed by atoms with Gasteiger partial charge < -0.3 is 19.9 Å². The van der Waals surface area contributed by atoms with Crippen LogP contribution in [0.15, 0.2) is 36.9 Å². The van der Waals surface area contributed by atoms with E-state index in [4.69, 9.17) is 14.6 Å². The average Bonchev–Trinajstić information content (AvgIpc) is 2.66. The number of carboxylic acid groups (broad SMARTS) is 1. The number of carbonyl (C=O) groups is 2. The van der Waals surface area contributed by atoms with Crippen LogP contribution in [0.1, 0.15) is 16.6 Å². The molecule has 6 nitrogen and oxygen atoms in total. The molecule has 0 saturated carbocycles. The molecular formula is C18H23NO5S2. The molecule has 1 unspecified atom stereocenters. The smallest absolute Gasteiger partial charge is 0.328 e. The summed E-state index contributed by atoms with van der Waals surface area (Å²) in [6.45, 7) is 3.32. The van der Waals surface area contributed by atoms with Crippen molar-refractivity contribution in [3.05, 3.63) is 42.5 Å². The van der Waals surface area contributed by atoms with Crippen LogP contribution in [0.4, 0.5) is 0 Å². The van der Waals surface area contributed by atoms with Crippen LogP contribution in [0, 0.1) is 0 Å². The highest BCUT2D eigenvalue weighted by Crippen LogP contribution is 2.43. The third-order valence-corrected chi connectivity index (χ3v) is 6.52. The van der Waals surface area contributed by atoms with Crippen LogP contribution in [0.2, 0.25) is 0 Å². The van der Waals surface area contributed by atoms with E-state index in [0.717, 1.165) is 0 Å². The first-order chi connectivity index (χ1) is 12.6. The van der Waals surface area contributed by atoms with Crippen LogP contribution in [-0.2, 0) is 14.3 Å². The lowest BCUT2D eigenvalue weighted by Crippen LogP contribution is -2.45. The largest absolute Gasteiger partial charge is 0.484 e. The summed E-state index contributed by atoms with van der Waals surface area (Å²) in [6.07, 6.45) is 2.76. The first-order valence-electron chi connectivity index (χ1n) is 8.27. The summed E-state index contributed by atoms with van der Waals surface area (Å²) in [6, 6.07) is 6.56. The van der Waals surface area contributed by atoms with Crippen LogP contribution in [0.25, 0.3) is 0 Å². The zero-order valence-electron chi connectivity index (χ0n) is 14.4. The van der Waals surface area contributed by atoms with Gasteiger partial charge in [-0.2, -0.15) is 0 Å². The SMILES string of the molecule is C=CCOCC(NC(=O)COc1ccc(C2SCCCS2)cc1)C(=O)O. The zero-order valence-corrected chi connectivity index (χ0v) is 16.0. The highest BCUT2D eigenvalue weighted by Gasteiger charge is 2.20. The maximum atomic E-state index is 11.9. The van der Waals surface area contributed by atoms with Crippen molar-refractivity contribution >= 4 is 35.4 Å². The predicted octanol–water partition coefficient (Wildman–Crippen LogP) is 2.71. The Kier molecular flexibility index (Phi) is 8.87. The summed E-state index contributed by atoms with van der Waals surface area (Å²) in [5.41, 5.74) is 1.24. The average molecular weight is 398 g/mol. The number of hydrogen-bond acceptors (Lipinski definition) is 6. The van der Waals surface area contributed by atoms with Gasteiger partial charge in [0.05, 0.1) is 17.8 Å². The molecule has 1 aliphatic heterocycles. The number of carbonyl (C=O) groups excluding carboxylic acids is 1. The highest BCUT2D eigenvalue weighted by molar-refractivity contribution is 8.16. The zero-order chi connectivity index (χ0) is 18.8. The Balaban J connectivity index is 1.78. The van der Waals surface area contributed by atoms with Crippen LogP contribution >= 0.6 is 23.5 Å². The van der Waals surface area contributed by atoms with E-state index in [1.807, 2.05) is 47.8 Å². The van der Waals surface area contributed by atoms with Gasteiger partial charge in [-0.15, -0.1) is 30.1 Å². The monoisotopic (exact) mass is 397 g/mol. The Morgan fingerprint density at radius 1 is 1.31 bits per heavy atom. The van der Waals surface area contributed by atoms with Gasteiger partial charge in [-0.1, -0.05) is 18.2 Å². The standard InChI is InChI=1S/C18H23NO5S2/c1-2-8-23-11-15(17(21)22)19-16(20)12-24-14-6-4-13(5-7-14)18-25-9-3-10-26-18/h2,4-7,15,18H,1,3,8-12H2,(H,19,20)(H,21,22). The second-order valence-corrected chi connectivity index (χ2v) is 8.29. The maximum absolute atomic E-state index is 11.9. The first kappa shape index (κ1) is 20.7. The Labute approximate surface area is 161 Å². The van der Waals surface area contributed by atoms with E-state index in [2.05, 4.69) is 11.9 Å². The summed E-state index contributed by atoms with van der Waals surface area (Å²) in [5, 5.41) is 11.5. The fourth-order valence-electron chi connectivity index (χ4n) is 2.23. The lowest BCUT2D eigenvalue weighted by molar-refractivity contribution is -0.143. The third-order valence-electron chi connectivity index (χ3n) is 3.50. The van der Waals surface area contributed by atoms with E-state index in [1.165, 1.54) is 29.6 Å². The minimum atomic E-state index is -1.16. The Morgan fingerprint density at radius 3 is 2.62 bits per heavy atom. The number of ether oxygens (including phenoxy) is 2. The van der Waals surface area contributed by atoms with Gasteiger partial charge in [0, 0.05) is 0 Å². The van der Waals surface area contributed by atoms with Gasteiger partial charge in [0.1, 0.15) is 5.75 Å². The summed E-state index contributed by atoms with van der Waals surface area (Å²) in [7, 11) is 0. The molecule has 2 N–H and O–H groups in total. The topological polar surface area (TPSA) is 84.9 Å². The molecule has 0 radical (unpaired) electrons. The van der Waals surface area contributed by atoms with Crippen molar-refractivity contribution < 1.29 is 24.2 Å². The number of aliphatic carboxylic acids is 1. The van der Waals surface area contributed by atoms with E-state index in [1.54, 1.807) is 0 Å². The van der Waals surface area contributed by atoms with Crippen LogP contribution in [-0.4, -0.2) is 54.4 Å². The minimum Gasteiger partial charge on any atom is -0.484 e. The van der Waals surface area contributed by atoms with Gasteiger partial charge >= 0.3 is 5.97 Å². The van der Waals surface area contributed by atoms with Gasteiger partial charge in [-0.25, -0.2) is 4.79 Å². The van der Waals surface area contributed by atoms with E-state index >= 15 is 0 Å². The molecule has 1 aromatic carbocycles. The van der Waals surface area contributed by atoms with E-state index in [-0.39, 0.29) is 19.8 Å². The van der Waals surface area contributed by atoms with E-state index in [0.29, 0.717) is 10.3 Å². The lowest BCUT2D eigenvalue weighted by atomic mass is 10.2. The number of amides is 1. The fourth-order valence-corrected chi connectivity index (χ4v) is 5.12. The maximum Gasteiger partial charge on any atom is 0.328 e. The van der Waals surface area contributed by atoms with Crippen LogP contribution in [0.3, 0.4) is 0 Å². The molecule has 0 spiro atoms. The molecule has 2 rings (SSSR count). The molecule has 1 saturated heterocycles. The quantitative estimate of drug-likeness (QED) is 0.464. The van der Waals surface area contributed by atoms with Gasteiger partial charge in [-0.3, -0.25) is 4.79 Å². The molecule has 1 heterocycles. The van der Waals surface area contributed by atoms with Crippen molar-refractivity contribution in [2.45, 2.75) is 17.0 Å². The van der Waals surface area contributed by atoms with Gasteiger partial charge in [0.2, 0.25) is 0 Å². The van der Waals surface area contributed by atoms with Crippen molar-refractivity contribution in [3.63, 3.8) is 0 Å². The summed E-state index contributed by atoms with van der Waals surface area (Å²) in [4.78, 5) is 23.0. The van der Waals surface area contributed by atoms with Crippen LogP contribution in [0.5, 0.6) is 5.75 Å². The van der Waals surface area contributed by atoms with Gasteiger partial charge in [0.15, 0.2) is 12.6 Å². The van der Waals surface area contributed by atoms with Gasteiger partial charge in [-0.05, 0) is 35.6 Å². The third kappa shape index (κ3) is 6.93. The summed E-state index contributed by atoms with van der Waals surface area (Å²) < 4.78 is 11.0. The molecule has 1 amide bonds. The molecule has 26 heavy (non-hydrogen) atoms. The van der Waals surface area contributed by atoms with Gasteiger partial charge in [0.25, 0.3) is 5.91 Å². The van der Waals surface area contributed by atoms with Crippen molar-refractivity contribution in [2.75, 3.05) is 31.3 Å². The predicted molar refractivity (Wildman–Crippen MR) is 105 cm³/mol. The molecule has 1 atom stereocenters. The number of rotatable bonds is 10. The molecule has 0 bridgehead atoms. The number of benzene rings is 1. The molecule has 1 aromatic rings. The van der Waals surface area contributed by atoms with Crippen molar-refractivity contribution in [3.8, 4) is 5.75 Å². The Hall–Kier alpha value is -1.64. The highest BCUT2D eigenvalue weighted by atomic mass is 32.2. The molecular weight excluding hydrogens is 374 g/mol. The number of hydrogen-bond donors (Lipinski definition) is 2. The summed E-state index contributed by atoms with van der Waals surface area (Å²) >= 11 is 3.88. The number of carboxylic acids is 1. The molecule has 1 fully saturated rings. The summed E-state index contributed by atoms with van der Waals surface area (Å²) in [5.74, 6) is 1.26. The second-order valence-electron chi connectivity index (χ2n) is 5.57. The van der Waals surface area contributed by atoms with Crippen molar-refractivity contribution in [1.82, 2.24) is 5.32 Å². The number of thioether (sulfide) groups is 2. The number of nitrogens with one attached hydrogen (secondary N) is 1.